The SMILES string of the molecule is Cc1ccc(-n2cc(CCC(=O)C3CCC3S(=O)(=O)c3ccc(F)cc3)c(Cl)n2)cc1. The number of hydrogen-bond donors (Lipinski definition) is 0. The second-order valence-corrected chi connectivity index (χ2v) is 10.4. The summed E-state index contributed by atoms with van der Waals surface area (Å²) >= 11 is 6.26. The summed E-state index contributed by atoms with van der Waals surface area (Å²) in [4.78, 5) is 12.8. The Morgan fingerprint density at radius 2 is 1.81 bits per heavy atom. The third-order valence-electron chi connectivity index (χ3n) is 5.84. The normalized spacial score (nSPS) is 18.5. The molecular formula is C23H22ClFN2O3S. The minimum absolute atomic E-state index is 0.0545. The summed E-state index contributed by atoms with van der Waals surface area (Å²) in [6, 6.07) is 12.6. The molecule has 0 bridgehead atoms. The Morgan fingerprint density at radius 3 is 2.42 bits per heavy atom. The first kappa shape index (κ1) is 21.7. The standard InChI is InChI=1S/C23H22ClFN2O3S/c1-15-2-7-18(8-3-15)27-14-16(23(24)26-27)4-12-21(28)20-11-13-22(20)31(29,30)19-9-5-17(25)6-10-19/h2-3,5-10,14,20,22H,4,11-13H2,1H3. The maximum atomic E-state index is 13.1. The van der Waals surface area contributed by atoms with Crippen LogP contribution in [0.5, 0.6) is 0 Å². The van der Waals surface area contributed by atoms with Crippen LogP contribution in [0.25, 0.3) is 5.69 Å². The molecule has 1 saturated carbocycles. The molecule has 0 amide bonds. The molecular weight excluding hydrogens is 439 g/mol. The number of Topliss-reactive ketones (excluding diaryl/α,β-unsaturated/α-hetero) is 1. The van der Waals surface area contributed by atoms with Gasteiger partial charge in [0.1, 0.15) is 11.6 Å². The Balaban J connectivity index is 1.42. The summed E-state index contributed by atoms with van der Waals surface area (Å²) in [5, 5.41) is 3.89. The van der Waals surface area contributed by atoms with Crippen LogP contribution in [0.4, 0.5) is 4.39 Å². The highest BCUT2D eigenvalue weighted by atomic mass is 35.5. The molecule has 0 spiro atoms. The van der Waals surface area contributed by atoms with Gasteiger partial charge in [-0.15, -0.1) is 0 Å². The van der Waals surface area contributed by atoms with Crippen LogP contribution in [0.15, 0.2) is 59.6 Å². The second-order valence-electron chi connectivity index (χ2n) is 7.91. The highest BCUT2D eigenvalue weighted by molar-refractivity contribution is 7.92. The summed E-state index contributed by atoms with van der Waals surface area (Å²) in [6.45, 7) is 2.00. The van der Waals surface area contributed by atoms with Crippen LogP contribution < -0.4 is 0 Å². The fourth-order valence-electron chi connectivity index (χ4n) is 3.84. The number of sulfone groups is 1. The summed E-state index contributed by atoms with van der Waals surface area (Å²) in [5.41, 5.74) is 2.75. The lowest BCUT2D eigenvalue weighted by atomic mass is 9.80. The van der Waals surface area contributed by atoms with Crippen LogP contribution in [-0.4, -0.2) is 29.2 Å². The minimum Gasteiger partial charge on any atom is -0.299 e. The molecule has 2 aromatic carbocycles. The molecule has 1 heterocycles. The molecule has 2 atom stereocenters. The van der Waals surface area contributed by atoms with Crippen molar-refractivity contribution in [2.75, 3.05) is 0 Å². The number of aromatic nitrogens is 2. The molecule has 5 nitrogen and oxygen atoms in total. The van der Waals surface area contributed by atoms with Gasteiger partial charge in [-0.1, -0.05) is 29.3 Å². The van der Waals surface area contributed by atoms with Crippen molar-refractivity contribution in [3.05, 3.63) is 76.8 Å². The van der Waals surface area contributed by atoms with Gasteiger partial charge in [0.25, 0.3) is 0 Å². The minimum atomic E-state index is -3.67. The number of aryl methyl sites for hydroxylation is 2. The molecule has 0 N–H and O–H groups in total. The number of rotatable bonds is 7. The Labute approximate surface area is 185 Å². The van der Waals surface area contributed by atoms with Crippen LogP contribution in [0.3, 0.4) is 0 Å². The summed E-state index contributed by atoms with van der Waals surface area (Å²) in [5.74, 6) is -1.13. The first-order valence-corrected chi connectivity index (χ1v) is 12.0. The van der Waals surface area contributed by atoms with Gasteiger partial charge in [0.15, 0.2) is 15.0 Å². The van der Waals surface area contributed by atoms with E-state index in [9.17, 15) is 17.6 Å². The van der Waals surface area contributed by atoms with E-state index in [1.54, 1.807) is 10.9 Å². The molecule has 162 valence electrons. The maximum Gasteiger partial charge on any atom is 0.181 e. The summed E-state index contributed by atoms with van der Waals surface area (Å²) in [7, 11) is -3.67. The monoisotopic (exact) mass is 460 g/mol. The average molecular weight is 461 g/mol. The van der Waals surface area contributed by atoms with Crippen molar-refractivity contribution in [2.24, 2.45) is 5.92 Å². The quantitative estimate of drug-likeness (QED) is 0.478. The first-order chi connectivity index (χ1) is 14.8. The van der Waals surface area contributed by atoms with Crippen molar-refractivity contribution < 1.29 is 17.6 Å². The van der Waals surface area contributed by atoms with Crippen molar-refractivity contribution in [1.29, 1.82) is 0 Å². The number of carbonyl (C=O) groups excluding carboxylic acids is 1. The molecule has 1 aliphatic rings. The van der Waals surface area contributed by atoms with Crippen molar-refractivity contribution >= 4 is 27.2 Å². The molecule has 31 heavy (non-hydrogen) atoms. The maximum absolute atomic E-state index is 13.1. The predicted octanol–water partition coefficient (Wildman–Crippen LogP) is 4.73. The largest absolute Gasteiger partial charge is 0.299 e. The second kappa shape index (κ2) is 8.55. The van der Waals surface area contributed by atoms with Crippen molar-refractivity contribution in [2.45, 2.75) is 42.8 Å². The van der Waals surface area contributed by atoms with E-state index in [2.05, 4.69) is 5.10 Å². The Hall–Kier alpha value is -2.51. The van der Waals surface area contributed by atoms with Gasteiger partial charge in [0.2, 0.25) is 0 Å². The smallest absolute Gasteiger partial charge is 0.181 e. The number of benzene rings is 2. The number of halogens is 2. The highest BCUT2D eigenvalue weighted by Crippen LogP contribution is 2.38. The third kappa shape index (κ3) is 4.43. The van der Waals surface area contributed by atoms with E-state index < -0.39 is 26.8 Å². The molecule has 1 aromatic heterocycles. The van der Waals surface area contributed by atoms with Crippen LogP contribution in [0.2, 0.25) is 5.15 Å². The van der Waals surface area contributed by atoms with Crippen LogP contribution >= 0.6 is 11.6 Å². The lowest BCUT2D eigenvalue weighted by Gasteiger charge is -2.35. The van der Waals surface area contributed by atoms with E-state index in [0.29, 0.717) is 24.4 Å². The first-order valence-electron chi connectivity index (χ1n) is 10.1. The van der Waals surface area contributed by atoms with E-state index in [0.717, 1.165) is 28.9 Å². The Morgan fingerprint density at radius 1 is 1.13 bits per heavy atom. The topological polar surface area (TPSA) is 69.0 Å². The van der Waals surface area contributed by atoms with E-state index in [4.69, 9.17) is 11.6 Å². The zero-order chi connectivity index (χ0) is 22.2. The highest BCUT2D eigenvalue weighted by Gasteiger charge is 2.44. The summed E-state index contributed by atoms with van der Waals surface area (Å²) in [6.07, 6.45) is 3.36. The van der Waals surface area contributed by atoms with Gasteiger partial charge in [0.05, 0.1) is 15.8 Å². The van der Waals surface area contributed by atoms with Gasteiger partial charge < -0.3 is 0 Å². The molecule has 1 aliphatic carbocycles. The van der Waals surface area contributed by atoms with Gasteiger partial charge in [-0.25, -0.2) is 17.5 Å². The molecule has 8 heteroatoms. The van der Waals surface area contributed by atoms with Gasteiger partial charge in [0, 0.05) is 24.1 Å². The fourth-order valence-corrected chi connectivity index (χ4v) is 6.09. The van der Waals surface area contributed by atoms with Crippen LogP contribution in [-0.2, 0) is 21.1 Å². The molecule has 0 aliphatic heterocycles. The lowest BCUT2D eigenvalue weighted by molar-refractivity contribution is -0.124. The van der Waals surface area contributed by atoms with E-state index >= 15 is 0 Å². The number of nitrogens with zero attached hydrogens (tertiary/aromatic N) is 2. The van der Waals surface area contributed by atoms with Gasteiger partial charge in [-0.2, -0.15) is 5.10 Å². The van der Waals surface area contributed by atoms with Gasteiger partial charge >= 0.3 is 0 Å². The van der Waals surface area contributed by atoms with Crippen molar-refractivity contribution in [3.63, 3.8) is 0 Å². The van der Waals surface area contributed by atoms with Crippen molar-refractivity contribution in [1.82, 2.24) is 9.78 Å². The van der Waals surface area contributed by atoms with Crippen LogP contribution in [0, 0.1) is 18.7 Å². The van der Waals surface area contributed by atoms with Crippen LogP contribution in [0.1, 0.15) is 30.4 Å². The molecule has 4 rings (SSSR count). The van der Waals surface area contributed by atoms with E-state index in [1.807, 2.05) is 31.2 Å². The van der Waals surface area contributed by atoms with Gasteiger partial charge in [-0.3, -0.25) is 4.79 Å². The Bertz CT molecular complexity index is 1200. The molecule has 1 fully saturated rings. The molecule has 3 aromatic rings. The average Bonchev–Trinajstić information content (AvgIpc) is 3.06. The van der Waals surface area contributed by atoms with E-state index in [1.165, 1.54) is 12.1 Å². The zero-order valence-electron chi connectivity index (χ0n) is 17.0. The molecule has 2 unspecified atom stereocenters. The van der Waals surface area contributed by atoms with Gasteiger partial charge in [-0.05, 0) is 62.6 Å². The van der Waals surface area contributed by atoms with E-state index in [-0.39, 0.29) is 17.1 Å². The Kier molecular flexibility index (Phi) is 5.99. The third-order valence-corrected chi connectivity index (χ3v) is 8.45. The fraction of sp³-hybridized carbons (Fsp3) is 0.304. The van der Waals surface area contributed by atoms with Crippen molar-refractivity contribution in [3.8, 4) is 5.69 Å². The molecule has 0 radical (unpaired) electrons. The number of ketones is 1. The molecule has 0 saturated heterocycles. The number of hydrogen-bond acceptors (Lipinski definition) is 4. The number of carbonyl (C=O) groups is 1. The lowest BCUT2D eigenvalue weighted by Crippen LogP contribution is -2.43. The summed E-state index contributed by atoms with van der Waals surface area (Å²) < 4.78 is 40.5. The zero-order valence-corrected chi connectivity index (χ0v) is 18.5. The predicted molar refractivity (Wildman–Crippen MR) is 117 cm³/mol.